The highest BCUT2D eigenvalue weighted by molar-refractivity contribution is 6.22. The number of hydrogen-bond donors (Lipinski definition) is 3. The van der Waals surface area contributed by atoms with E-state index in [4.69, 9.17) is 10.8 Å². The van der Waals surface area contributed by atoms with Gasteiger partial charge in [0.2, 0.25) is 0 Å². The molecule has 124 valence electrons. The zero-order chi connectivity index (χ0) is 17.1. The highest BCUT2D eigenvalue weighted by atomic mass is 16.4. The molecule has 0 unspecified atom stereocenters. The summed E-state index contributed by atoms with van der Waals surface area (Å²) in [5.74, 6) is -1.24. The minimum Gasteiger partial charge on any atom is -0.480 e. The molecule has 0 saturated heterocycles. The van der Waals surface area contributed by atoms with Crippen molar-refractivity contribution in [1.29, 1.82) is 0 Å². The van der Waals surface area contributed by atoms with Gasteiger partial charge in [-0.05, 0) is 17.8 Å². The average molecular weight is 310 g/mol. The van der Waals surface area contributed by atoms with Gasteiger partial charge in [-0.3, -0.25) is 14.4 Å². The van der Waals surface area contributed by atoms with E-state index in [-0.39, 0.29) is 35.0 Å². The van der Waals surface area contributed by atoms with Crippen LogP contribution in [0.2, 0.25) is 0 Å². The molecule has 0 bridgehead atoms. The molecular weight excluding hydrogens is 284 g/mol. The quantitative estimate of drug-likeness (QED) is 0.503. The van der Waals surface area contributed by atoms with Crippen LogP contribution in [-0.4, -0.2) is 35.2 Å². The number of allylic oxidation sites excluding steroid dienone is 2. The number of Topliss-reactive ketones (excluding diaryl/α,β-unsaturated/α-hetero) is 2. The molecule has 0 spiro atoms. The van der Waals surface area contributed by atoms with Crippen molar-refractivity contribution in [2.75, 3.05) is 6.54 Å². The fraction of sp³-hybridized carbons (Fsp3) is 0.688. The van der Waals surface area contributed by atoms with Crippen LogP contribution in [0.5, 0.6) is 0 Å². The fourth-order valence-electron chi connectivity index (χ4n) is 2.59. The van der Waals surface area contributed by atoms with Crippen molar-refractivity contribution in [3.63, 3.8) is 0 Å². The average Bonchev–Trinajstić information content (AvgIpc) is 2.31. The van der Waals surface area contributed by atoms with Gasteiger partial charge in [-0.25, -0.2) is 0 Å². The second-order valence-corrected chi connectivity index (χ2v) is 7.14. The van der Waals surface area contributed by atoms with E-state index in [0.717, 1.165) is 0 Å². The van der Waals surface area contributed by atoms with E-state index in [2.05, 4.69) is 5.32 Å². The van der Waals surface area contributed by atoms with Gasteiger partial charge >= 0.3 is 5.97 Å². The second kappa shape index (κ2) is 7.05. The van der Waals surface area contributed by atoms with Crippen LogP contribution in [-0.2, 0) is 14.4 Å². The molecule has 0 heterocycles. The molecule has 22 heavy (non-hydrogen) atoms. The Hall–Kier alpha value is -1.69. The van der Waals surface area contributed by atoms with Gasteiger partial charge in [0.25, 0.3) is 0 Å². The maximum absolute atomic E-state index is 12.4. The zero-order valence-electron chi connectivity index (χ0n) is 13.7. The van der Waals surface area contributed by atoms with Crippen LogP contribution in [0.3, 0.4) is 0 Å². The Morgan fingerprint density at radius 1 is 1.27 bits per heavy atom. The van der Waals surface area contributed by atoms with E-state index in [9.17, 15) is 14.4 Å². The van der Waals surface area contributed by atoms with E-state index in [1.54, 1.807) is 0 Å². The lowest BCUT2D eigenvalue weighted by molar-refractivity contribution is -0.138. The van der Waals surface area contributed by atoms with Gasteiger partial charge in [-0.2, -0.15) is 0 Å². The number of nitrogens with one attached hydrogen (secondary N) is 1. The number of carbonyl (C=O) groups is 3. The predicted molar refractivity (Wildman–Crippen MR) is 83.1 cm³/mol. The summed E-state index contributed by atoms with van der Waals surface area (Å²) in [6.45, 7) is 7.73. The summed E-state index contributed by atoms with van der Waals surface area (Å²) in [5, 5.41) is 11.8. The van der Waals surface area contributed by atoms with Crippen molar-refractivity contribution in [1.82, 2.24) is 5.32 Å². The Balaban J connectivity index is 3.05. The first-order valence-electron chi connectivity index (χ1n) is 7.55. The molecule has 0 radical (unpaired) electrons. The molecule has 0 aromatic carbocycles. The molecule has 4 N–H and O–H groups in total. The summed E-state index contributed by atoms with van der Waals surface area (Å²) in [7, 11) is 0. The SMILES string of the molecule is CC(C)CC(NC[C@H](N)C(=O)O)=C1C(=O)CC(C)(C)CC1=O. The van der Waals surface area contributed by atoms with Gasteiger partial charge in [0.15, 0.2) is 11.6 Å². The molecule has 0 aliphatic heterocycles. The molecule has 6 nitrogen and oxygen atoms in total. The van der Waals surface area contributed by atoms with Crippen molar-refractivity contribution in [3.05, 3.63) is 11.3 Å². The maximum Gasteiger partial charge on any atom is 0.322 e. The van der Waals surface area contributed by atoms with Crippen LogP contribution >= 0.6 is 0 Å². The smallest absolute Gasteiger partial charge is 0.322 e. The minimum atomic E-state index is -1.12. The van der Waals surface area contributed by atoms with Crippen LogP contribution in [0.4, 0.5) is 0 Å². The number of carbonyl (C=O) groups excluding carboxylic acids is 2. The number of nitrogens with two attached hydrogens (primary N) is 1. The van der Waals surface area contributed by atoms with Gasteiger partial charge in [0.05, 0.1) is 5.57 Å². The largest absolute Gasteiger partial charge is 0.480 e. The summed E-state index contributed by atoms with van der Waals surface area (Å²) >= 11 is 0. The first-order valence-corrected chi connectivity index (χ1v) is 7.55. The van der Waals surface area contributed by atoms with Crippen LogP contribution in [0.25, 0.3) is 0 Å². The Morgan fingerprint density at radius 2 is 1.77 bits per heavy atom. The van der Waals surface area contributed by atoms with E-state index in [1.807, 2.05) is 27.7 Å². The Kier molecular flexibility index (Phi) is 5.88. The van der Waals surface area contributed by atoms with Crippen LogP contribution in [0.15, 0.2) is 11.3 Å². The van der Waals surface area contributed by atoms with E-state index >= 15 is 0 Å². The normalized spacial score (nSPS) is 19.3. The molecule has 1 aliphatic rings. The molecule has 1 aliphatic carbocycles. The Bertz CT molecular complexity index is 484. The van der Waals surface area contributed by atoms with Gasteiger partial charge in [0, 0.05) is 25.1 Å². The van der Waals surface area contributed by atoms with Crippen LogP contribution in [0, 0.1) is 11.3 Å². The van der Waals surface area contributed by atoms with E-state index < -0.39 is 12.0 Å². The molecule has 1 saturated carbocycles. The maximum atomic E-state index is 12.4. The lowest BCUT2D eigenvalue weighted by atomic mass is 9.73. The standard InChI is InChI=1S/C16H26N2O4/c1-9(2)5-11(18-8-10(17)15(21)22)14-12(19)6-16(3,4)7-13(14)20/h9-10,18H,5-8,17H2,1-4H3,(H,21,22)/t10-/m0/s1. The summed E-state index contributed by atoms with van der Waals surface area (Å²) in [6, 6.07) is -1.08. The third-order valence-corrected chi connectivity index (χ3v) is 3.60. The molecule has 1 fully saturated rings. The third-order valence-electron chi connectivity index (χ3n) is 3.60. The summed E-state index contributed by atoms with van der Waals surface area (Å²) in [5.41, 5.74) is 5.89. The van der Waals surface area contributed by atoms with Crippen molar-refractivity contribution in [2.45, 2.75) is 53.0 Å². The molecular formula is C16H26N2O4. The topological polar surface area (TPSA) is 109 Å². The molecule has 0 amide bonds. The number of carboxylic acids is 1. The number of carboxylic acid groups (broad SMARTS) is 1. The second-order valence-electron chi connectivity index (χ2n) is 7.14. The van der Waals surface area contributed by atoms with Crippen molar-refractivity contribution in [2.24, 2.45) is 17.1 Å². The summed E-state index contributed by atoms with van der Waals surface area (Å²) < 4.78 is 0. The van der Waals surface area contributed by atoms with Crippen molar-refractivity contribution >= 4 is 17.5 Å². The summed E-state index contributed by atoms with van der Waals surface area (Å²) in [6.07, 6.45) is 1.16. The molecule has 6 heteroatoms. The lowest BCUT2D eigenvalue weighted by Crippen LogP contribution is -2.42. The van der Waals surface area contributed by atoms with E-state index in [0.29, 0.717) is 25.0 Å². The molecule has 0 aromatic heterocycles. The Labute approximate surface area is 131 Å². The Morgan fingerprint density at radius 3 is 2.18 bits per heavy atom. The van der Waals surface area contributed by atoms with Crippen LogP contribution < -0.4 is 11.1 Å². The fourth-order valence-corrected chi connectivity index (χ4v) is 2.59. The van der Waals surface area contributed by atoms with E-state index in [1.165, 1.54) is 0 Å². The lowest BCUT2D eigenvalue weighted by Gasteiger charge is -2.30. The molecule has 1 atom stereocenters. The van der Waals surface area contributed by atoms with Gasteiger partial charge in [-0.1, -0.05) is 27.7 Å². The predicted octanol–water partition coefficient (Wildman–Crippen LogP) is 1.25. The van der Waals surface area contributed by atoms with Gasteiger partial charge in [0.1, 0.15) is 6.04 Å². The summed E-state index contributed by atoms with van der Waals surface area (Å²) in [4.78, 5) is 35.5. The molecule has 1 rings (SSSR count). The van der Waals surface area contributed by atoms with Crippen molar-refractivity contribution < 1.29 is 19.5 Å². The van der Waals surface area contributed by atoms with Crippen molar-refractivity contribution in [3.8, 4) is 0 Å². The number of ketones is 2. The van der Waals surface area contributed by atoms with Gasteiger partial charge < -0.3 is 16.2 Å². The minimum absolute atomic E-state index is 0.00909. The first-order chi connectivity index (χ1) is 10.0. The highest BCUT2D eigenvalue weighted by Gasteiger charge is 2.37. The highest BCUT2D eigenvalue weighted by Crippen LogP contribution is 2.35. The monoisotopic (exact) mass is 310 g/mol. The zero-order valence-corrected chi connectivity index (χ0v) is 13.7. The van der Waals surface area contributed by atoms with Crippen LogP contribution in [0.1, 0.15) is 47.0 Å². The number of rotatable bonds is 6. The third kappa shape index (κ3) is 4.94. The molecule has 0 aromatic rings. The first kappa shape index (κ1) is 18.4. The van der Waals surface area contributed by atoms with Gasteiger partial charge in [-0.15, -0.1) is 0 Å². The number of aliphatic carboxylic acids is 1. The number of hydrogen-bond acceptors (Lipinski definition) is 5.